The summed E-state index contributed by atoms with van der Waals surface area (Å²) >= 11 is 0. The maximum Gasteiger partial charge on any atom is 0.299 e. The van der Waals surface area contributed by atoms with Gasteiger partial charge in [-0.1, -0.05) is 6.92 Å². The molecule has 0 unspecified atom stereocenters. The van der Waals surface area contributed by atoms with Crippen molar-refractivity contribution in [2.24, 2.45) is 0 Å². The molecule has 6 nitrogen and oxygen atoms in total. The Morgan fingerprint density at radius 3 is 2.71 bits per heavy atom. The van der Waals surface area contributed by atoms with E-state index in [1.54, 1.807) is 6.92 Å². The minimum Gasteiger partial charge on any atom is -0.384 e. The molecule has 0 aromatic carbocycles. The van der Waals surface area contributed by atoms with Gasteiger partial charge in [0.25, 0.3) is 10.2 Å². The zero-order chi connectivity index (χ0) is 10.6. The summed E-state index contributed by atoms with van der Waals surface area (Å²) in [6, 6.07) is 3.06. The van der Waals surface area contributed by atoms with Gasteiger partial charge in [0.15, 0.2) is 0 Å². The molecule has 1 rings (SSSR count). The largest absolute Gasteiger partial charge is 0.384 e. The molecule has 0 aliphatic rings. The number of hydrogen-bond acceptors (Lipinski definition) is 4. The molecule has 0 bridgehead atoms. The zero-order valence-corrected chi connectivity index (χ0v) is 8.50. The van der Waals surface area contributed by atoms with Crippen LogP contribution in [0.5, 0.6) is 0 Å². The third-order valence-corrected chi connectivity index (χ3v) is 2.55. The first-order valence-electron chi connectivity index (χ1n) is 4.02. The molecule has 0 aliphatic carbocycles. The highest BCUT2D eigenvalue weighted by molar-refractivity contribution is 7.90. The molecule has 0 spiro atoms. The predicted octanol–water partition coefficient (Wildman–Crippen LogP) is -0.0700. The Kier molecular flexibility index (Phi) is 3.26. The van der Waals surface area contributed by atoms with Crippen LogP contribution in [0, 0.1) is 0 Å². The van der Waals surface area contributed by atoms with Gasteiger partial charge in [-0.2, -0.15) is 13.1 Å². The van der Waals surface area contributed by atoms with Crippen LogP contribution in [0.2, 0.25) is 0 Å². The summed E-state index contributed by atoms with van der Waals surface area (Å²) in [5.74, 6) is 0.344. The van der Waals surface area contributed by atoms with Gasteiger partial charge in [0, 0.05) is 6.54 Å². The molecule has 78 valence electrons. The molecule has 0 atom stereocenters. The van der Waals surface area contributed by atoms with Gasteiger partial charge in [0.05, 0.1) is 11.9 Å². The molecule has 0 saturated heterocycles. The van der Waals surface area contributed by atoms with Crippen molar-refractivity contribution >= 4 is 21.7 Å². The molecule has 1 heterocycles. The number of nitrogens with one attached hydrogen (secondary N) is 2. The van der Waals surface area contributed by atoms with E-state index < -0.39 is 10.2 Å². The van der Waals surface area contributed by atoms with E-state index in [1.165, 1.54) is 18.3 Å². The van der Waals surface area contributed by atoms with Crippen LogP contribution in [-0.2, 0) is 10.2 Å². The van der Waals surface area contributed by atoms with Crippen molar-refractivity contribution in [3.8, 4) is 0 Å². The van der Waals surface area contributed by atoms with Crippen LogP contribution >= 0.6 is 0 Å². The van der Waals surface area contributed by atoms with Crippen LogP contribution in [0.3, 0.4) is 0 Å². The van der Waals surface area contributed by atoms with Crippen LogP contribution in [-0.4, -0.2) is 19.9 Å². The van der Waals surface area contributed by atoms with Crippen molar-refractivity contribution in [2.75, 3.05) is 17.0 Å². The second-order valence-electron chi connectivity index (χ2n) is 2.58. The second-order valence-corrected chi connectivity index (χ2v) is 4.07. The van der Waals surface area contributed by atoms with E-state index in [2.05, 4.69) is 14.4 Å². The zero-order valence-electron chi connectivity index (χ0n) is 7.69. The second kappa shape index (κ2) is 4.25. The fourth-order valence-corrected chi connectivity index (χ4v) is 1.73. The van der Waals surface area contributed by atoms with Gasteiger partial charge < -0.3 is 5.73 Å². The summed E-state index contributed by atoms with van der Waals surface area (Å²) in [5.41, 5.74) is 5.72. The van der Waals surface area contributed by atoms with Crippen LogP contribution in [0.25, 0.3) is 0 Å². The lowest BCUT2D eigenvalue weighted by atomic mass is 10.4. The smallest absolute Gasteiger partial charge is 0.299 e. The number of aromatic nitrogens is 1. The van der Waals surface area contributed by atoms with Gasteiger partial charge in [0.2, 0.25) is 0 Å². The average Bonchev–Trinajstić information content (AvgIpc) is 2.08. The van der Waals surface area contributed by atoms with Gasteiger partial charge in [-0.05, 0) is 12.1 Å². The van der Waals surface area contributed by atoms with Crippen molar-refractivity contribution in [3.63, 3.8) is 0 Å². The molecule has 0 fully saturated rings. The number of rotatable bonds is 4. The third kappa shape index (κ3) is 3.19. The van der Waals surface area contributed by atoms with E-state index in [4.69, 9.17) is 5.73 Å². The topological polar surface area (TPSA) is 97.1 Å². The molecule has 1 aromatic heterocycles. The van der Waals surface area contributed by atoms with Crippen molar-refractivity contribution in [2.45, 2.75) is 6.92 Å². The van der Waals surface area contributed by atoms with E-state index >= 15 is 0 Å². The first kappa shape index (κ1) is 10.7. The average molecular weight is 216 g/mol. The maximum atomic E-state index is 11.2. The van der Waals surface area contributed by atoms with Crippen LogP contribution in [0.4, 0.5) is 11.5 Å². The summed E-state index contributed by atoms with van der Waals surface area (Å²) in [7, 11) is -3.48. The van der Waals surface area contributed by atoms with E-state index in [0.717, 1.165) is 0 Å². The lowest BCUT2D eigenvalue weighted by Gasteiger charge is -2.06. The number of anilines is 2. The number of nitrogens with two attached hydrogens (primary N) is 1. The Morgan fingerprint density at radius 1 is 1.50 bits per heavy atom. The number of nitrogens with zero attached hydrogens (tertiary/aromatic N) is 1. The van der Waals surface area contributed by atoms with Gasteiger partial charge in [-0.25, -0.2) is 4.98 Å². The first-order valence-corrected chi connectivity index (χ1v) is 5.51. The minimum atomic E-state index is -3.48. The van der Waals surface area contributed by atoms with E-state index in [9.17, 15) is 8.42 Å². The SMILES string of the molecule is CCNS(=O)(=O)Nc1ccc(N)nc1. The molecule has 14 heavy (non-hydrogen) atoms. The number of hydrogen-bond donors (Lipinski definition) is 3. The molecule has 0 amide bonds. The maximum absolute atomic E-state index is 11.2. The van der Waals surface area contributed by atoms with Gasteiger partial charge >= 0.3 is 0 Å². The van der Waals surface area contributed by atoms with Crippen molar-refractivity contribution in [1.29, 1.82) is 0 Å². The molecule has 1 aromatic rings. The van der Waals surface area contributed by atoms with Gasteiger partial charge in [-0.3, -0.25) is 4.72 Å². The van der Waals surface area contributed by atoms with Crippen molar-refractivity contribution in [1.82, 2.24) is 9.71 Å². The number of pyridine rings is 1. The van der Waals surface area contributed by atoms with Crippen LogP contribution in [0.1, 0.15) is 6.92 Å². The Hall–Kier alpha value is -1.34. The summed E-state index contributed by atoms with van der Waals surface area (Å²) in [5, 5.41) is 0. The first-order chi connectivity index (χ1) is 6.53. The Labute approximate surface area is 82.7 Å². The Morgan fingerprint density at radius 2 is 2.21 bits per heavy atom. The van der Waals surface area contributed by atoms with Crippen molar-refractivity contribution < 1.29 is 8.42 Å². The molecule has 0 radical (unpaired) electrons. The van der Waals surface area contributed by atoms with Gasteiger partial charge in [0.1, 0.15) is 5.82 Å². The Bertz CT molecular complexity index is 387. The predicted molar refractivity (Wildman–Crippen MR) is 54.9 cm³/mol. The van der Waals surface area contributed by atoms with E-state index in [0.29, 0.717) is 18.1 Å². The van der Waals surface area contributed by atoms with E-state index in [-0.39, 0.29) is 0 Å². The van der Waals surface area contributed by atoms with Crippen molar-refractivity contribution in [3.05, 3.63) is 18.3 Å². The normalized spacial score (nSPS) is 11.2. The lowest BCUT2D eigenvalue weighted by Crippen LogP contribution is -2.29. The molecule has 7 heteroatoms. The summed E-state index contributed by atoms with van der Waals surface area (Å²) in [6.45, 7) is 2.03. The van der Waals surface area contributed by atoms with Crippen LogP contribution < -0.4 is 15.2 Å². The highest BCUT2D eigenvalue weighted by atomic mass is 32.2. The third-order valence-electron chi connectivity index (χ3n) is 1.37. The van der Waals surface area contributed by atoms with E-state index in [1.807, 2.05) is 0 Å². The minimum absolute atomic E-state index is 0.331. The molecule has 0 saturated carbocycles. The highest BCUT2D eigenvalue weighted by Gasteiger charge is 2.06. The fourth-order valence-electron chi connectivity index (χ4n) is 0.847. The number of nitrogen functional groups attached to an aromatic ring is 1. The molecular formula is C7H12N4O2S. The quantitative estimate of drug-likeness (QED) is 0.656. The van der Waals surface area contributed by atoms with Gasteiger partial charge in [-0.15, -0.1) is 0 Å². The summed E-state index contributed by atoms with van der Waals surface area (Å²) in [6.07, 6.45) is 1.35. The monoisotopic (exact) mass is 216 g/mol. The molecule has 0 aliphatic heterocycles. The molecular weight excluding hydrogens is 204 g/mol. The highest BCUT2D eigenvalue weighted by Crippen LogP contribution is 2.07. The molecule has 4 N–H and O–H groups in total. The summed E-state index contributed by atoms with van der Waals surface area (Å²) < 4.78 is 27.0. The standard InChI is InChI=1S/C7H12N4O2S/c1-2-10-14(12,13)11-6-3-4-7(8)9-5-6/h3-5,10-11H,2H2,1H3,(H2,8,9). The Balaban J connectivity index is 2.74. The van der Waals surface area contributed by atoms with Crippen LogP contribution in [0.15, 0.2) is 18.3 Å². The summed E-state index contributed by atoms with van der Waals surface area (Å²) in [4.78, 5) is 3.75. The lowest BCUT2D eigenvalue weighted by molar-refractivity contribution is 0.589. The fraction of sp³-hybridized carbons (Fsp3) is 0.286.